The number of aliphatic carboxylic acids is 1. The van der Waals surface area contributed by atoms with Gasteiger partial charge >= 0.3 is 13.1 Å². The fourth-order valence-corrected chi connectivity index (χ4v) is 1.62. The van der Waals surface area contributed by atoms with Gasteiger partial charge in [-0.05, 0) is 22.7 Å². The zero-order chi connectivity index (χ0) is 10.8. The first kappa shape index (κ1) is 9.95. The highest BCUT2D eigenvalue weighted by atomic mass is 16.5. The molecule has 0 spiro atoms. The average Bonchev–Trinajstić information content (AvgIpc) is 2.58. The van der Waals surface area contributed by atoms with Gasteiger partial charge in [0.25, 0.3) is 0 Å². The third kappa shape index (κ3) is 1.93. The van der Waals surface area contributed by atoms with Gasteiger partial charge < -0.3 is 14.8 Å². The van der Waals surface area contributed by atoms with E-state index < -0.39 is 13.1 Å². The van der Waals surface area contributed by atoms with E-state index in [4.69, 9.17) is 9.76 Å². The Morgan fingerprint density at radius 3 is 3.07 bits per heavy atom. The second kappa shape index (κ2) is 3.88. The molecule has 2 N–H and O–H groups in total. The van der Waals surface area contributed by atoms with Crippen LogP contribution in [0.4, 0.5) is 0 Å². The van der Waals surface area contributed by atoms with Crippen molar-refractivity contribution in [3.05, 3.63) is 35.4 Å². The molecule has 1 aliphatic rings. The van der Waals surface area contributed by atoms with Crippen LogP contribution in [0.25, 0.3) is 6.08 Å². The van der Waals surface area contributed by atoms with Crippen LogP contribution in [-0.4, -0.2) is 23.2 Å². The summed E-state index contributed by atoms with van der Waals surface area (Å²) in [6.07, 6.45) is 2.50. The third-order valence-electron chi connectivity index (χ3n) is 2.28. The number of carboxylic acid groups (broad SMARTS) is 1. The highest BCUT2D eigenvalue weighted by Crippen LogP contribution is 2.13. The Balaban J connectivity index is 2.41. The molecule has 0 fully saturated rings. The van der Waals surface area contributed by atoms with Crippen molar-refractivity contribution < 1.29 is 19.6 Å². The average molecular weight is 204 g/mol. The van der Waals surface area contributed by atoms with E-state index >= 15 is 0 Å². The van der Waals surface area contributed by atoms with Crippen molar-refractivity contribution in [2.24, 2.45) is 0 Å². The van der Waals surface area contributed by atoms with Crippen LogP contribution in [0.2, 0.25) is 0 Å². The first-order valence-corrected chi connectivity index (χ1v) is 4.51. The molecule has 1 aromatic rings. The molecule has 76 valence electrons. The van der Waals surface area contributed by atoms with Crippen LogP contribution in [0.3, 0.4) is 0 Å². The van der Waals surface area contributed by atoms with Crippen LogP contribution in [0.5, 0.6) is 0 Å². The molecule has 0 atom stereocenters. The van der Waals surface area contributed by atoms with Crippen molar-refractivity contribution in [1.29, 1.82) is 0 Å². The minimum atomic E-state index is -1.01. The molecule has 0 unspecified atom stereocenters. The smallest absolute Gasteiger partial charge is 0.478 e. The zero-order valence-electron chi connectivity index (χ0n) is 7.88. The fourth-order valence-electron chi connectivity index (χ4n) is 1.62. The van der Waals surface area contributed by atoms with E-state index in [1.54, 1.807) is 6.07 Å². The SMILES string of the molecule is O=C(O)/C=C/c1cccc2c1B(O)OC2. The molecule has 0 saturated carbocycles. The van der Waals surface area contributed by atoms with Crippen molar-refractivity contribution in [1.82, 2.24) is 0 Å². The third-order valence-corrected chi connectivity index (χ3v) is 2.28. The number of benzene rings is 1. The van der Waals surface area contributed by atoms with E-state index in [1.165, 1.54) is 6.08 Å². The molecular formula is C10H9BO4. The summed E-state index contributed by atoms with van der Waals surface area (Å²) in [5.74, 6) is -1.01. The lowest BCUT2D eigenvalue weighted by molar-refractivity contribution is -0.131. The zero-order valence-corrected chi connectivity index (χ0v) is 7.88. The van der Waals surface area contributed by atoms with Crippen molar-refractivity contribution in [2.75, 3.05) is 0 Å². The van der Waals surface area contributed by atoms with Crippen LogP contribution >= 0.6 is 0 Å². The maximum Gasteiger partial charge on any atom is 0.492 e. The number of fused-ring (bicyclic) bond motifs is 1. The van der Waals surface area contributed by atoms with E-state index in [1.807, 2.05) is 12.1 Å². The molecule has 0 aliphatic carbocycles. The summed E-state index contributed by atoms with van der Waals surface area (Å²) >= 11 is 0. The minimum absolute atomic E-state index is 0.366. The lowest BCUT2D eigenvalue weighted by Crippen LogP contribution is -2.30. The summed E-state index contributed by atoms with van der Waals surface area (Å²) in [4.78, 5) is 10.4. The van der Waals surface area contributed by atoms with Crippen molar-refractivity contribution in [3.8, 4) is 0 Å². The molecular weight excluding hydrogens is 195 g/mol. The van der Waals surface area contributed by atoms with E-state index in [-0.39, 0.29) is 0 Å². The monoisotopic (exact) mass is 204 g/mol. The van der Waals surface area contributed by atoms with Gasteiger partial charge in [0.1, 0.15) is 0 Å². The van der Waals surface area contributed by atoms with E-state index in [0.717, 1.165) is 11.6 Å². The Hall–Kier alpha value is -1.59. The minimum Gasteiger partial charge on any atom is -0.478 e. The Kier molecular flexibility index (Phi) is 2.57. The van der Waals surface area contributed by atoms with Gasteiger partial charge in [0.05, 0.1) is 6.61 Å². The van der Waals surface area contributed by atoms with Crippen LogP contribution in [-0.2, 0) is 16.1 Å². The lowest BCUT2D eigenvalue weighted by atomic mass is 9.76. The molecule has 5 heteroatoms. The predicted molar refractivity (Wildman–Crippen MR) is 55.5 cm³/mol. The Morgan fingerprint density at radius 1 is 1.53 bits per heavy atom. The van der Waals surface area contributed by atoms with Gasteiger partial charge in [0.2, 0.25) is 0 Å². The van der Waals surface area contributed by atoms with Crippen LogP contribution < -0.4 is 5.46 Å². The second-order valence-electron chi connectivity index (χ2n) is 3.25. The molecule has 0 saturated heterocycles. The fraction of sp³-hybridized carbons (Fsp3) is 0.100. The highest BCUT2D eigenvalue weighted by molar-refractivity contribution is 6.62. The quantitative estimate of drug-likeness (QED) is 0.525. The van der Waals surface area contributed by atoms with Crippen molar-refractivity contribution in [3.63, 3.8) is 0 Å². The van der Waals surface area contributed by atoms with E-state index in [0.29, 0.717) is 17.6 Å². The molecule has 0 radical (unpaired) electrons. The van der Waals surface area contributed by atoms with Gasteiger partial charge in [0, 0.05) is 6.08 Å². The molecule has 4 nitrogen and oxygen atoms in total. The standard InChI is InChI=1S/C10H9BO4/c12-9(13)5-4-7-2-1-3-8-6-15-11(14)10(7)8/h1-5,14H,6H2,(H,12,13)/b5-4+. The van der Waals surface area contributed by atoms with E-state index in [2.05, 4.69) is 0 Å². The summed E-state index contributed by atoms with van der Waals surface area (Å²) in [7, 11) is -0.949. The molecule has 0 aromatic heterocycles. The summed E-state index contributed by atoms with van der Waals surface area (Å²) in [6, 6.07) is 5.40. The second-order valence-corrected chi connectivity index (χ2v) is 3.25. The summed E-state index contributed by atoms with van der Waals surface area (Å²) in [5, 5.41) is 18.0. The molecule has 15 heavy (non-hydrogen) atoms. The Morgan fingerprint density at radius 2 is 2.33 bits per heavy atom. The van der Waals surface area contributed by atoms with E-state index in [9.17, 15) is 9.82 Å². The van der Waals surface area contributed by atoms with Gasteiger partial charge in [-0.3, -0.25) is 0 Å². The molecule has 0 bridgehead atoms. The van der Waals surface area contributed by atoms with Crippen molar-refractivity contribution in [2.45, 2.75) is 6.61 Å². The largest absolute Gasteiger partial charge is 0.492 e. The number of rotatable bonds is 2. The highest BCUT2D eigenvalue weighted by Gasteiger charge is 2.28. The van der Waals surface area contributed by atoms with Gasteiger partial charge in [-0.15, -0.1) is 0 Å². The maximum atomic E-state index is 10.4. The van der Waals surface area contributed by atoms with Crippen molar-refractivity contribution >= 4 is 24.6 Å². The number of hydrogen-bond acceptors (Lipinski definition) is 3. The first-order chi connectivity index (χ1) is 7.18. The van der Waals surface area contributed by atoms with Gasteiger partial charge in [-0.2, -0.15) is 0 Å². The molecule has 1 aliphatic heterocycles. The molecule has 1 heterocycles. The number of hydrogen-bond donors (Lipinski definition) is 2. The Labute approximate surface area is 87.0 Å². The summed E-state index contributed by atoms with van der Waals surface area (Å²) in [6.45, 7) is 0.366. The van der Waals surface area contributed by atoms with Crippen LogP contribution in [0, 0.1) is 0 Å². The van der Waals surface area contributed by atoms with Gasteiger partial charge in [-0.1, -0.05) is 18.2 Å². The van der Waals surface area contributed by atoms with Gasteiger partial charge in [-0.25, -0.2) is 4.79 Å². The molecule has 1 aromatic carbocycles. The molecule has 2 rings (SSSR count). The summed E-state index contributed by atoms with van der Waals surface area (Å²) < 4.78 is 5.04. The van der Waals surface area contributed by atoms with Gasteiger partial charge in [0.15, 0.2) is 0 Å². The number of carbonyl (C=O) groups is 1. The lowest BCUT2D eigenvalue weighted by Gasteiger charge is -2.02. The van der Waals surface area contributed by atoms with Crippen LogP contribution in [0.15, 0.2) is 24.3 Å². The maximum absolute atomic E-state index is 10.4. The Bertz CT molecular complexity index is 427. The number of carboxylic acids is 1. The van der Waals surface area contributed by atoms with Crippen LogP contribution in [0.1, 0.15) is 11.1 Å². The predicted octanol–water partition coefficient (Wildman–Crippen LogP) is 0.00210. The first-order valence-electron chi connectivity index (χ1n) is 4.51. The molecule has 0 amide bonds. The summed E-state index contributed by atoms with van der Waals surface area (Å²) in [5.41, 5.74) is 2.24. The normalized spacial score (nSPS) is 14.6. The topological polar surface area (TPSA) is 66.8 Å².